The van der Waals surface area contributed by atoms with Crippen molar-refractivity contribution in [1.82, 2.24) is 10.2 Å². The minimum atomic E-state index is -0.235. The number of anilines is 1. The molecule has 1 heterocycles. The van der Waals surface area contributed by atoms with Gasteiger partial charge in [0.25, 0.3) is 0 Å². The SMILES string of the molecule is Cc1cnnc(NCc2cc(Br)ccc2F)c1. The molecule has 0 aliphatic rings. The maximum Gasteiger partial charge on any atom is 0.149 e. The van der Waals surface area contributed by atoms with Gasteiger partial charge in [0.1, 0.15) is 11.6 Å². The highest BCUT2D eigenvalue weighted by molar-refractivity contribution is 9.10. The lowest BCUT2D eigenvalue weighted by molar-refractivity contribution is 0.612. The Labute approximate surface area is 107 Å². The fourth-order valence-corrected chi connectivity index (χ4v) is 1.82. The fourth-order valence-electron chi connectivity index (χ4n) is 1.41. The maximum absolute atomic E-state index is 13.5. The lowest BCUT2D eigenvalue weighted by Crippen LogP contribution is -2.04. The average Bonchev–Trinajstić information content (AvgIpc) is 2.30. The minimum absolute atomic E-state index is 0.235. The van der Waals surface area contributed by atoms with E-state index >= 15 is 0 Å². The summed E-state index contributed by atoms with van der Waals surface area (Å²) in [6.45, 7) is 2.31. The Morgan fingerprint density at radius 3 is 2.94 bits per heavy atom. The normalized spacial score (nSPS) is 10.3. The molecule has 1 N–H and O–H groups in total. The quantitative estimate of drug-likeness (QED) is 0.944. The highest BCUT2D eigenvalue weighted by Crippen LogP contribution is 2.16. The molecule has 0 aliphatic heterocycles. The second-order valence-corrected chi connectivity index (χ2v) is 4.62. The van der Waals surface area contributed by atoms with Gasteiger partial charge in [-0.2, -0.15) is 5.10 Å². The topological polar surface area (TPSA) is 37.8 Å². The summed E-state index contributed by atoms with van der Waals surface area (Å²) < 4.78 is 14.3. The number of aromatic nitrogens is 2. The lowest BCUT2D eigenvalue weighted by Gasteiger charge is -2.07. The highest BCUT2D eigenvalue weighted by Gasteiger charge is 2.03. The van der Waals surface area contributed by atoms with E-state index in [2.05, 4.69) is 31.4 Å². The van der Waals surface area contributed by atoms with Crippen molar-refractivity contribution in [1.29, 1.82) is 0 Å². The van der Waals surface area contributed by atoms with Crippen molar-refractivity contribution in [3.63, 3.8) is 0 Å². The maximum atomic E-state index is 13.5. The van der Waals surface area contributed by atoms with Crippen molar-refractivity contribution in [2.45, 2.75) is 13.5 Å². The molecule has 3 nitrogen and oxygen atoms in total. The van der Waals surface area contributed by atoms with Gasteiger partial charge in [0, 0.05) is 16.6 Å². The molecule has 0 fully saturated rings. The third kappa shape index (κ3) is 3.23. The molecule has 0 unspecified atom stereocenters. The number of nitrogens with zero attached hydrogens (tertiary/aromatic N) is 2. The van der Waals surface area contributed by atoms with Gasteiger partial charge < -0.3 is 5.32 Å². The number of aryl methyl sites for hydroxylation is 1. The first-order chi connectivity index (χ1) is 8.15. The van der Waals surface area contributed by atoms with Crippen molar-refractivity contribution < 1.29 is 4.39 Å². The molecule has 88 valence electrons. The summed E-state index contributed by atoms with van der Waals surface area (Å²) in [5.41, 5.74) is 1.60. The van der Waals surface area contributed by atoms with Crippen LogP contribution < -0.4 is 5.32 Å². The van der Waals surface area contributed by atoms with Gasteiger partial charge in [0.15, 0.2) is 0 Å². The third-order valence-corrected chi connectivity index (χ3v) is 2.75. The van der Waals surface area contributed by atoms with Crippen LogP contribution in [0.5, 0.6) is 0 Å². The lowest BCUT2D eigenvalue weighted by atomic mass is 10.2. The van der Waals surface area contributed by atoms with Gasteiger partial charge in [-0.15, -0.1) is 5.10 Å². The van der Waals surface area contributed by atoms with Gasteiger partial charge in [-0.1, -0.05) is 15.9 Å². The first kappa shape index (κ1) is 12.0. The van der Waals surface area contributed by atoms with E-state index in [0.29, 0.717) is 17.9 Å². The van der Waals surface area contributed by atoms with E-state index < -0.39 is 0 Å². The van der Waals surface area contributed by atoms with E-state index in [9.17, 15) is 4.39 Å². The van der Waals surface area contributed by atoms with Crippen LogP contribution in [0.2, 0.25) is 0 Å². The molecule has 0 spiro atoms. The molecule has 2 aromatic rings. The Morgan fingerprint density at radius 1 is 1.35 bits per heavy atom. The van der Waals surface area contributed by atoms with Gasteiger partial charge >= 0.3 is 0 Å². The Hall–Kier alpha value is -1.49. The van der Waals surface area contributed by atoms with Crippen LogP contribution in [-0.2, 0) is 6.54 Å². The Bertz CT molecular complexity index is 531. The second-order valence-electron chi connectivity index (χ2n) is 3.71. The highest BCUT2D eigenvalue weighted by atomic mass is 79.9. The smallest absolute Gasteiger partial charge is 0.149 e. The summed E-state index contributed by atoms with van der Waals surface area (Å²) in [5.74, 6) is 0.408. The van der Waals surface area contributed by atoms with E-state index in [-0.39, 0.29) is 5.82 Å². The average molecular weight is 296 g/mol. The van der Waals surface area contributed by atoms with Crippen molar-refractivity contribution >= 4 is 21.7 Å². The first-order valence-electron chi connectivity index (χ1n) is 5.12. The van der Waals surface area contributed by atoms with Crippen molar-refractivity contribution in [3.8, 4) is 0 Å². The summed E-state index contributed by atoms with van der Waals surface area (Å²) in [5, 5.41) is 10.8. The number of nitrogens with one attached hydrogen (secondary N) is 1. The molecule has 0 saturated heterocycles. The van der Waals surface area contributed by atoms with Gasteiger partial charge in [-0.05, 0) is 36.8 Å². The van der Waals surface area contributed by atoms with E-state index in [0.717, 1.165) is 10.0 Å². The van der Waals surface area contributed by atoms with Crippen LogP contribution >= 0.6 is 15.9 Å². The zero-order valence-electron chi connectivity index (χ0n) is 9.24. The Kier molecular flexibility index (Phi) is 3.68. The summed E-state index contributed by atoms with van der Waals surface area (Å²) in [6, 6.07) is 6.71. The Morgan fingerprint density at radius 2 is 2.18 bits per heavy atom. The fraction of sp³-hybridized carbons (Fsp3) is 0.167. The van der Waals surface area contributed by atoms with Crippen molar-refractivity contribution in [2.24, 2.45) is 0 Å². The first-order valence-corrected chi connectivity index (χ1v) is 5.91. The molecule has 5 heteroatoms. The van der Waals surface area contributed by atoms with E-state index in [4.69, 9.17) is 0 Å². The van der Waals surface area contributed by atoms with Crippen LogP contribution in [0.25, 0.3) is 0 Å². The van der Waals surface area contributed by atoms with Crippen LogP contribution in [0, 0.1) is 12.7 Å². The summed E-state index contributed by atoms with van der Waals surface area (Å²) in [6.07, 6.45) is 1.67. The molecular formula is C12H11BrFN3. The molecule has 0 radical (unpaired) electrons. The number of halogens is 2. The van der Waals surface area contributed by atoms with Crippen molar-refractivity contribution in [3.05, 3.63) is 51.9 Å². The number of hydrogen-bond acceptors (Lipinski definition) is 3. The van der Waals surface area contributed by atoms with Crippen molar-refractivity contribution in [2.75, 3.05) is 5.32 Å². The van der Waals surface area contributed by atoms with Crippen LogP contribution in [-0.4, -0.2) is 10.2 Å². The zero-order chi connectivity index (χ0) is 12.3. The van der Waals surface area contributed by atoms with E-state index in [1.165, 1.54) is 6.07 Å². The standard InChI is InChI=1S/C12H11BrFN3/c1-8-4-12(17-16-6-8)15-7-9-5-10(13)2-3-11(9)14/h2-6H,7H2,1H3,(H,15,17). The number of rotatable bonds is 3. The largest absolute Gasteiger partial charge is 0.364 e. The monoisotopic (exact) mass is 295 g/mol. The molecule has 0 amide bonds. The second kappa shape index (κ2) is 5.23. The summed E-state index contributed by atoms with van der Waals surface area (Å²) in [7, 11) is 0. The molecule has 0 saturated carbocycles. The Balaban J connectivity index is 2.09. The predicted octanol–water partition coefficient (Wildman–Crippen LogP) is 3.30. The van der Waals surface area contributed by atoms with Crippen LogP contribution in [0.1, 0.15) is 11.1 Å². The number of hydrogen-bond donors (Lipinski definition) is 1. The van der Waals surface area contributed by atoms with Crippen LogP contribution in [0.4, 0.5) is 10.2 Å². The molecule has 1 aromatic heterocycles. The molecular weight excluding hydrogens is 285 g/mol. The van der Waals surface area contributed by atoms with Gasteiger partial charge in [0.2, 0.25) is 0 Å². The van der Waals surface area contributed by atoms with Crippen LogP contribution in [0.15, 0.2) is 34.9 Å². The molecule has 0 bridgehead atoms. The molecule has 1 aromatic carbocycles. The molecule has 17 heavy (non-hydrogen) atoms. The third-order valence-electron chi connectivity index (χ3n) is 2.26. The minimum Gasteiger partial charge on any atom is -0.364 e. The summed E-state index contributed by atoms with van der Waals surface area (Å²) in [4.78, 5) is 0. The van der Waals surface area contributed by atoms with Gasteiger partial charge in [0.05, 0.1) is 6.20 Å². The van der Waals surface area contributed by atoms with Gasteiger partial charge in [-0.25, -0.2) is 4.39 Å². The van der Waals surface area contributed by atoms with E-state index in [1.807, 2.05) is 13.0 Å². The molecule has 0 atom stereocenters. The predicted molar refractivity (Wildman–Crippen MR) is 68.2 cm³/mol. The summed E-state index contributed by atoms with van der Waals surface area (Å²) >= 11 is 3.31. The number of benzene rings is 1. The molecule has 2 rings (SSSR count). The van der Waals surface area contributed by atoms with E-state index in [1.54, 1.807) is 18.3 Å². The van der Waals surface area contributed by atoms with Crippen LogP contribution in [0.3, 0.4) is 0 Å². The zero-order valence-corrected chi connectivity index (χ0v) is 10.8. The van der Waals surface area contributed by atoms with Gasteiger partial charge in [-0.3, -0.25) is 0 Å². The molecule has 0 aliphatic carbocycles.